The summed E-state index contributed by atoms with van der Waals surface area (Å²) < 4.78 is 5.47. The quantitative estimate of drug-likeness (QED) is 0.877. The predicted octanol–water partition coefficient (Wildman–Crippen LogP) is 2.32. The summed E-state index contributed by atoms with van der Waals surface area (Å²) in [5.74, 6) is 0.0984. The van der Waals surface area contributed by atoms with Crippen molar-refractivity contribution >= 4 is 5.97 Å². The van der Waals surface area contributed by atoms with Gasteiger partial charge in [-0.1, -0.05) is 35.5 Å². The second kappa shape index (κ2) is 7.59. The summed E-state index contributed by atoms with van der Waals surface area (Å²) in [5.41, 5.74) is 1.92. The SMILES string of the molecule is CN(CC(=O)O)C1CCN(Cc2cc(-c3ccccc3)no2)CC1. The molecule has 128 valence electrons. The number of piperidine rings is 1. The van der Waals surface area contributed by atoms with Crippen molar-refractivity contribution in [3.63, 3.8) is 0 Å². The highest BCUT2D eigenvalue weighted by Gasteiger charge is 2.24. The number of hydrogen-bond acceptors (Lipinski definition) is 5. The molecule has 6 nitrogen and oxygen atoms in total. The van der Waals surface area contributed by atoms with Crippen LogP contribution in [0.25, 0.3) is 11.3 Å². The molecule has 0 amide bonds. The van der Waals surface area contributed by atoms with Crippen LogP contribution in [0.4, 0.5) is 0 Å². The number of aromatic nitrogens is 1. The number of aliphatic carboxylic acids is 1. The van der Waals surface area contributed by atoms with Gasteiger partial charge in [-0.2, -0.15) is 0 Å². The lowest BCUT2D eigenvalue weighted by Gasteiger charge is -2.35. The van der Waals surface area contributed by atoms with Crippen molar-refractivity contribution in [1.82, 2.24) is 15.0 Å². The van der Waals surface area contributed by atoms with E-state index in [1.54, 1.807) is 0 Å². The zero-order valence-corrected chi connectivity index (χ0v) is 13.9. The van der Waals surface area contributed by atoms with Crippen LogP contribution in [0.3, 0.4) is 0 Å². The van der Waals surface area contributed by atoms with Gasteiger partial charge in [-0.3, -0.25) is 14.6 Å². The van der Waals surface area contributed by atoms with Gasteiger partial charge >= 0.3 is 5.97 Å². The molecule has 0 aliphatic carbocycles. The Hall–Kier alpha value is -2.18. The van der Waals surface area contributed by atoms with Crippen molar-refractivity contribution in [2.75, 3.05) is 26.7 Å². The van der Waals surface area contributed by atoms with Crippen LogP contribution in [0.15, 0.2) is 40.9 Å². The first kappa shape index (κ1) is 16.7. The number of carbonyl (C=O) groups is 1. The summed E-state index contributed by atoms with van der Waals surface area (Å²) in [5, 5.41) is 13.0. The maximum absolute atomic E-state index is 10.8. The summed E-state index contributed by atoms with van der Waals surface area (Å²) in [6, 6.07) is 12.3. The van der Waals surface area contributed by atoms with Gasteiger partial charge in [0.15, 0.2) is 5.76 Å². The van der Waals surface area contributed by atoms with E-state index in [1.807, 2.05) is 48.3 Å². The van der Waals surface area contributed by atoms with E-state index in [0.717, 1.165) is 49.5 Å². The van der Waals surface area contributed by atoms with Gasteiger partial charge in [-0.05, 0) is 19.9 Å². The third-order valence-corrected chi connectivity index (χ3v) is 4.57. The Labute approximate surface area is 141 Å². The molecule has 1 aliphatic heterocycles. The van der Waals surface area contributed by atoms with Crippen LogP contribution in [-0.4, -0.2) is 58.8 Å². The van der Waals surface area contributed by atoms with Crippen LogP contribution in [0, 0.1) is 0 Å². The Morgan fingerprint density at radius 3 is 2.71 bits per heavy atom. The van der Waals surface area contributed by atoms with E-state index in [-0.39, 0.29) is 6.54 Å². The fraction of sp³-hybridized carbons (Fsp3) is 0.444. The highest BCUT2D eigenvalue weighted by molar-refractivity contribution is 5.69. The van der Waals surface area contributed by atoms with Crippen molar-refractivity contribution in [2.24, 2.45) is 0 Å². The Balaban J connectivity index is 1.52. The molecule has 24 heavy (non-hydrogen) atoms. The number of likely N-dealkylation sites (tertiary alicyclic amines) is 1. The average molecular weight is 329 g/mol. The highest BCUT2D eigenvalue weighted by Crippen LogP contribution is 2.21. The molecule has 1 saturated heterocycles. The minimum absolute atomic E-state index is 0.104. The van der Waals surface area contributed by atoms with E-state index < -0.39 is 5.97 Å². The molecule has 1 aromatic heterocycles. The summed E-state index contributed by atoms with van der Waals surface area (Å²) in [4.78, 5) is 15.1. The normalized spacial score (nSPS) is 16.6. The first-order chi connectivity index (χ1) is 11.6. The molecule has 6 heteroatoms. The lowest BCUT2D eigenvalue weighted by molar-refractivity contribution is -0.138. The Morgan fingerprint density at radius 1 is 1.33 bits per heavy atom. The fourth-order valence-corrected chi connectivity index (χ4v) is 3.21. The summed E-state index contributed by atoms with van der Waals surface area (Å²) in [7, 11) is 1.89. The highest BCUT2D eigenvalue weighted by atomic mass is 16.5. The van der Waals surface area contributed by atoms with Gasteiger partial charge in [0.25, 0.3) is 0 Å². The number of benzene rings is 1. The van der Waals surface area contributed by atoms with Crippen LogP contribution in [0.1, 0.15) is 18.6 Å². The van der Waals surface area contributed by atoms with E-state index >= 15 is 0 Å². The van der Waals surface area contributed by atoms with E-state index in [4.69, 9.17) is 9.63 Å². The number of nitrogens with zero attached hydrogens (tertiary/aromatic N) is 3. The number of likely N-dealkylation sites (N-methyl/N-ethyl adjacent to an activating group) is 1. The van der Waals surface area contributed by atoms with E-state index in [9.17, 15) is 4.79 Å². The molecule has 1 aliphatic rings. The van der Waals surface area contributed by atoms with Gasteiger partial charge < -0.3 is 9.63 Å². The van der Waals surface area contributed by atoms with E-state index in [0.29, 0.717) is 6.04 Å². The smallest absolute Gasteiger partial charge is 0.317 e. The maximum atomic E-state index is 10.8. The van der Waals surface area contributed by atoms with Crippen molar-refractivity contribution in [3.8, 4) is 11.3 Å². The van der Waals surface area contributed by atoms with Gasteiger partial charge in [0.05, 0.1) is 13.1 Å². The monoisotopic (exact) mass is 329 g/mol. The Bertz CT molecular complexity index is 663. The molecule has 1 fully saturated rings. The number of hydrogen-bond donors (Lipinski definition) is 1. The van der Waals surface area contributed by atoms with Crippen LogP contribution < -0.4 is 0 Å². The zero-order valence-electron chi connectivity index (χ0n) is 13.9. The molecule has 1 aromatic carbocycles. The summed E-state index contributed by atoms with van der Waals surface area (Å²) >= 11 is 0. The molecule has 3 rings (SSSR count). The van der Waals surface area contributed by atoms with Gasteiger partial charge in [0.2, 0.25) is 0 Å². The number of rotatable bonds is 6. The molecule has 0 radical (unpaired) electrons. The van der Waals surface area contributed by atoms with Crippen LogP contribution in [0.2, 0.25) is 0 Å². The zero-order chi connectivity index (χ0) is 16.9. The molecule has 0 spiro atoms. The lowest BCUT2D eigenvalue weighted by atomic mass is 10.0. The third-order valence-electron chi connectivity index (χ3n) is 4.57. The second-order valence-electron chi connectivity index (χ2n) is 6.36. The molecule has 0 bridgehead atoms. The average Bonchev–Trinajstić information content (AvgIpc) is 3.04. The molecule has 0 unspecified atom stereocenters. The van der Waals surface area contributed by atoms with Gasteiger partial charge in [0.1, 0.15) is 5.69 Å². The second-order valence-corrected chi connectivity index (χ2v) is 6.36. The molecule has 2 heterocycles. The lowest BCUT2D eigenvalue weighted by Crippen LogP contribution is -2.44. The molecule has 1 N–H and O–H groups in total. The molecular weight excluding hydrogens is 306 g/mol. The topological polar surface area (TPSA) is 69.8 Å². The molecular formula is C18H23N3O3. The largest absolute Gasteiger partial charge is 0.480 e. The summed E-state index contributed by atoms with van der Waals surface area (Å²) in [6.45, 7) is 2.73. The molecule has 0 atom stereocenters. The number of carboxylic acid groups (broad SMARTS) is 1. The molecule has 0 saturated carbocycles. The van der Waals surface area contributed by atoms with Gasteiger partial charge in [-0.25, -0.2) is 0 Å². The van der Waals surface area contributed by atoms with Crippen molar-refractivity contribution < 1.29 is 14.4 Å². The standard InChI is InChI=1S/C18H23N3O3/c1-20(13-18(22)23)15-7-9-21(10-8-15)12-16-11-17(19-24-16)14-5-3-2-4-6-14/h2-6,11,15H,7-10,12-13H2,1H3,(H,22,23). The Kier molecular flexibility index (Phi) is 5.27. The minimum Gasteiger partial charge on any atom is -0.480 e. The first-order valence-electron chi connectivity index (χ1n) is 8.27. The maximum Gasteiger partial charge on any atom is 0.317 e. The summed E-state index contributed by atoms with van der Waals surface area (Å²) in [6.07, 6.45) is 1.95. The minimum atomic E-state index is -0.768. The molecule has 2 aromatic rings. The number of carboxylic acids is 1. The van der Waals surface area contributed by atoms with E-state index in [1.165, 1.54) is 0 Å². The van der Waals surface area contributed by atoms with Crippen molar-refractivity contribution in [2.45, 2.75) is 25.4 Å². The van der Waals surface area contributed by atoms with Crippen molar-refractivity contribution in [1.29, 1.82) is 0 Å². The van der Waals surface area contributed by atoms with Crippen molar-refractivity contribution in [3.05, 3.63) is 42.2 Å². The Morgan fingerprint density at radius 2 is 2.04 bits per heavy atom. The fourth-order valence-electron chi connectivity index (χ4n) is 3.21. The van der Waals surface area contributed by atoms with Gasteiger partial charge in [0, 0.05) is 30.8 Å². The van der Waals surface area contributed by atoms with Crippen LogP contribution in [0.5, 0.6) is 0 Å². The van der Waals surface area contributed by atoms with Gasteiger partial charge in [-0.15, -0.1) is 0 Å². The van der Waals surface area contributed by atoms with E-state index in [2.05, 4.69) is 10.1 Å². The predicted molar refractivity (Wildman–Crippen MR) is 90.5 cm³/mol. The van der Waals surface area contributed by atoms with Crippen LogP contribution in [-0.2, 0) is 11.3 Å². The van der Waals surface area contributed by atoms with Crippen LogP contribution >= 0.6 is 0 Å². The third kappa shape index (κ3) is 4.21. The first-order valence-corrected chi connectivity index (χ1v) is 8.27.